The van der Waals surface area contributed by atoms with Crippen molar-refractivity contribution in [1.82, 2.24) is 29.5 Å². The molecule has 0 saturated carbocycles. The standard InChI is InChI=1S/C55H34F6N7O/c56-33-10-4-11-34(57)49(33)52-42-19-17-40(63-42)48(32-9-1-2-16-39(32)67-55(69)31-8-3-7-30(27-31)28-68-26-25-62-29-68)41-18-20-43(64-41)53(50-35(58)12-5-13-36(50)59)45-22-24-47(66-45)54(46-23-21-44(52)65-46)51-37(60)14-6-15-38(51)61/h1-27,29,63-66H,28H2/q+3/p+1. The molecule has 1 aliphatic heterocycles. The van der Waals surface area contributed by atoms with Gasteiger partial charge in [-0.15, -0.1) is 0 Å². The maximum atomic E-state index is 16.1. The number of imidazole rings is 1. The Labute approximate surface area is 390 Å². The minimum absolute atomic E-state index is 0.0181. The molecule has 0 spiro atoms. The molecule has 10 aromatic rings. The Hall–Kier alpha value is -9.04. The molecule has 5 aromatic heterocycles. The molecule has 334 valence electrons. The average Bonchev–Trinajstić information content (AvgIpc) is 4.21. The lowest BCUT2D eigenvalue weighted by Gasteiger charge is -2.15. The quantitative estimate of drug-likeness (QED) is 0.0773. The van der Waals surface area contributed by atoms with Crippen molar-refractivity contribution in [3.8, 4) is 0 Å². The smallest absolute Gasteiger partial charge is 0.262 e. The number of aromatic nitrogens is 6. The topological polar surface area (TPSA) is 110 Å². The van der Waals surface area contributed by atoms with E-state index >= 15 is 26.3 Å². The van der Waals surface area contributed by atoms with E-state index in [2.05, 4.69) is 30.2 Å². The van der Waals surface area contributed by atoms with E-state index in [0.717, 1.165) is 42.0 Å². The van der Waals surface area contributed by atoms with E-state index < -0.39 is 46.4 Å². The first kappa shape index (κ1) is 42.6. The van der Waals surface area contributed by atoms with Crippen LogP contribution in [0.1, 0.15) is 83.7 Å². The Morgan fingerprint density at radius 3 is 1.28 bits per heavy atom. The van der Waals surface area contributed by atoms with Crippen LogP contribution in [0.4, 0.5) is 32.0 Å². The minimum Gasteiger partial charge on any atom is -0.333 e. The van der Waals surface area contributed by atoms with Crippen molar-refractivity contribution < 1.29 is 31.1 Å². The summed E-state index contributed by atoms with van der Waals surface area (Å²) in [5.41, 5.74) is 2.81. The van der Waals surface area contributed by atoms with E-state index in [1.54, 1.807) is 91.4 Å². The number of nitrogens with zero attached hydrogens (tertiary/aromatic N) is 2. The summed E-state index contributed by atoms with van der Waals surface area (Å²) in [5.74, 6) is -5.23. The van der Waals surface area contributed by atoms with Crippen LogP contribution >= 0.6 is 0 Å². The summed E-state index contributed by atoms with van der Waals surface area (Å²) in [6, 6.07) is 37.5. The van der Waals surface area contributed by atoms with Crippen molar-refractivity contribution in [2.24, 2.45) is 0 Å². The summed E-state index contributed by atoms with van der Waals surface area (Å²) in [7, 11) is 0. The second-order valence-electron chi connectivity index (χ2n) is 16.4. The number of benzene rings is 5. The molecule has 69 heavy (non-hydrogen) atoms. The maximum absolute atomic E-state index is 16.1. The number of aromatic amines is 4. The van der Waals surface area contributed by atoms with Gasteiger partial charge in [-0.25, -0.2) is 4.98 Å². The summed E-state index contributed by atoms with van der Waals surface area (Å²) in [4.78, 5) is 31.4. The third-order valence-electron chi connectivity index (χ3n) is 12.1. The van der Waals surface area contributed by atoms with Crippen LogP contribution in [-0.2, 0) is 6.54 Å². The molecular weight excluding hydrogens is 889 g/mol. The lowest BCUT2D eigenvalue weighted by atomic mass is 9.91. The van der Waals surface area contributed by atoms with Crippen LogP contribution in [0.3, 0.4) is 0 Å². The lowest BCUT2D eigenvalue weighted by Crippen LogP contribution is -2.17. The van der Waals surface area contributed by atoms with Gasteiger partial charge in [-0.2, -0.15) is 26.3 Å². The number of carbonyl (C=O) groups is 1. The van der Waals surface area contributed by atoms with Crippen LogP contribution in [0.2, 0.25) is 0 Å². The number of H-pyrrole nitrogens is 4. The monoisotopic (exact) mass is 923 g/mol. The number of fused-ring (bicyclic) bond motifs is 8. The number of anilines is 1. The van der Waals surface area contributed by atoms with Crippen molar-refractivity contribution in [2.45, 2.75) is 6.54 Å². The van der Waals surface area contributed by atoms with Gasteiger partial charge in [0.2, 0.25) is 0 Å². The highest BCUT2D eigenvalue weighted by atomic mass is 19.2. The summed E-state index contributed by atoms with van der Waals surface area (Å²) >= 11 is 0. The summed E-state index contributed by atoms with van der Waals surface area (Å²) in [6.07, 6.45) is 5.18. The molecule has 1 aliphatic rings. The fourth-order valence-corrected chi connectivity index (χ4v) is 9.04. The van der Waals surface area contributed by atoms with Gasteiger partial charge < -0.3 is 24.5 Å². The molecule has 1 amide bonds. The van der Waals surface area contributed by atoms with Gasteiger partial charge in [-0.1, -0.05) is 12.1 Å². The Kier molecular flexibility index (Phi) is 10.7. The van der Waals surface area contributed by atoms with Gasteiger partial charge >= 0.3 is 0 Å². The molecule has 0 saturated heterocycles. The zero-order valence-corrected chi connectivity index (χ0v) is 35.9. The van der Waals surface area contributed by atoms with Gasteiger partial charge in [0.05, 0.1) is 54.9 Å². The number of rotatable bonds is 8. The maximum Gasteiger partial charge on any atom is 0.262 e. The van der Waals surface area contributed by atoms with Crippen LogP contribution in [0.25, 0.3) is 0 Å². The van der Waals surface area contributed by atoms with E-state index in [9.17, 15) is 4.79 Å². The molecule has 0 unspecified atom stereocenters. The van der Waals surface area contributed by atoms with Gasteiger partial charge in [-0.3, -0.25) is 10.1 Å². The summed E-state index contributed by atoms with van der Waals surface area (Å²) in [5, 5.41) is 3.08. The van der Waals surface area contributed by atoms with Gasteiger partial charge in [0.15, 0.2) is 51.6 Å². The minimum atomic E-state index is -0.915. The molecule has 0 radical (unpaired) electrons. The van der Waals surface area contributed by atoms with Gasteiger partial charge in [0.1, 0.15) is 80.5 Å². The van der Waals surface area contributed by atoms with Crippen LogP contribution in [0, 0.1) is 58.6 Å². The van der Waals surface area contributed by atoms with Gasteiger partial charge in [-0.05, 0) is 54.1 Å². The van der Waals surface area contributed by atoms with Crippen LogP contribution in [0.5, 0.6) is 0 Å². The molecule has 14 heteroatoms. The molecular formula is C55H35F6N7O+4. The third kappa shape index (κ3) is 7.76. The molecule has 6 heterocycles. The fourth-order valence-electron chi connectivity index (χ4n) is 9.04. The second-order valence-corrected chi connectivity index (χ2v) is 16.4. The highest BCUT2D eigenvalue weighted by Crippen LogP contribution is 2.43. The number of halogens is 6. The number of nitrogens with one attached hydrogen (secondary N) is 5. The molecule has 8 nitrogen and oxygen atoms in total. The van der Waals surface area contributed by atoms with E-state index in [-0.39, 0.29) is 63.0 Å². The third-order valence-corrected chi connectivity index (χ3v) is 12.1. The number of amides is 1. The van der Waals surface area contributed by atoms with E-state index in [1.807, 2.05) is 16.8 Å². The molecule has 0 aliphatic carbocycles. The average molecular weight is 924 g/mol. The van der Waals surface area contributed by atoms with Crippen molar-refractivity contribution in [3.63, 3.8) is 0 Å². The van der Waals surface area contributed by atoms with Crippen molar-refractivity contribution in [1.29, 1.82) is 0 Å². The first-order chi connectivity index (χ1) is 33.6. The summed E-state index contributed by atoms with van der Waals surface area (Å²) < 4.78 is 98.2. The number of hydrogen-bond donors (Lipinski definition) is 5. The van der Waals surface area contributed by atoms with E-state index in [4.69, 9.17) is 0 Å². The van der Waals surface area contributed by atoms with Gasteiger partial charge in [0, 0.05) is 67.0 Å². The number of hydrogen-bond acceptors (Lipinski definition) is 2. The number of carbonyl (C=O) groups excluding carboxylic acids is 1. The molecule has 0 atom stereocenters. The predicted octanol–water partition coefficient (Wildman–Crippen LogP) is 11.7. The van der Waals surface area contributed by atoms with Crippen LogP contribution in [-0.4, -0.2) is 35.4 Å². The molecule has 11 rings (SSSR count). The highest BCUT2D eigenvalue weighted by Gasteiger charge is 2.42. The number of para-hydroxylation sites is 1. The Morgan fingerprint density at radius 2 is 0.870 bits per heavy atom. The Bertz CT molecular complexity index is 3320. The second kappa shape index (κ2) is 17.3. The molecule has 0 fully saturated rings. The zero-order chi connectivity index (χ0) is 47.3. The Morgan fingerprint density at radius 1 is 0.478 bits per heavy atom. The highest BCUT2D eigenvalue weighted by molar-refractivity contribution is 6.05. The fraction of sp³-hybridized carbons (Fsp3) is 0.0182. The SMILES string of the molecule is O=C(Nc1ccccc1[C+]1c2ccc([nH]2)[C+](c2c(F)cccc2F)c2ccc([nH]2)[C+](c2c(F)cccc2F)c2ccc([nH]2)[C+](c2c(F)cccc2F)c2ccc1[nH]2)c1cccc(Cn2ccnc2)c1. The predicted molar refractivity (Wildman–Crippen MR) is 247 cm³/mol. The van der Waals surface area contributed by atoms with Crippen molar-refractivity contribution >= 4 is 11.6 Å². The van der Waals surface area contributed by atoms with Crippen molar-refractivity contribution in [3.05, 3.63) is 308 Å². The molecule has 5 N–H and O–H groups in total. The van der Waals surface area contributed by atoms with E-state index in [0.29, 0.717) is 40.7 Å². The van der Waals surface area contributed by atoms with Crippen LogP contribution < -0.4 is 5.32 Å². The first-order valence-electron chi connectivity index (χ1n) is 21.6. The molecule has 8 bridgehead atoms. The molecule has 5 aromatic carbocycles. The van der Waals surface area contributed by atoms with Crippen LogP contribution in [0.15, 0.2) is 170 Å². The first-order valence-corrected chi connectivity index (χ1v) is 21.6. The van der Waals surface area contributed by atoms with Gasteiger partial charge in [0.25, 0.3) is 5.91 Å². The van der Waals surface area contributed by atoms with Crippen molar-refractivity contribution in [2.75, 3.05) is 5.32 Å². The largest absolute Gasteiger partial charge is 0.333 e. The zero-order valence-electron chi connectivity index (χ0n) is 35.9. The Balaban J connectivity index is 1.11. The summed E-state index contributed by atoms with van der Waals surface area (Å²) in [6.45, 7) is 0.489. The lowest BCUT2D eigenvalue weighted by molar-refractivity contribution is 0.102. The normalized spacial score (nSPS) is 12.5. The van der Waals surface area contributed by atoms with E-state index in [1.165, 1.54) is 30.3 Å².